The van der Waals surface area contributed by atoms with Crippen molar-refractivity contribution in [2.24, 2.45) is 5.92 Å². The number of piperidine rings is 1. The van der Waals surface area contributed by atoms with Gasteiger partial charge < -0.3 is 14.7 Å². The number of hydrogen-bond donors (Lipinski definition) is 1. The highest BCUT2D eigenvalue weighted by Crippen LogP contribution is 2.37. The quantitative estimate of drug-likeness (QED) is 0.149. The molecule has 3 rings (SSSR count). The molecule has 0 saturated carbocycles. The predicted octanol–water partition coefficient (Wildman–Crippen LogP) is 4.45. The molecule has 0 radical (unpaired) electrons. The van der Waals surface area contributed by atoms with Crippen LogP contribution in [0.1, 0.15) is 81.9 Å². The summed E-state index contributed by atoms with van der Waals surface area (Å²) in [7, 11) is 0. The van der Waals surface area contributed by atoms with Gasteiger partial charge in [0.1, 0.15) is 21.8 Å². The number of thiocarbonyl (C=S) groups is 1. The number of carbonyl (C=O) groups excluding carboxylic acids is 2. The molecule has 2 fully saturated rings. The Labute approximate surface area is 250 Å². The fraction of sp³-hybridized carbons (Fsp3) is 0.586. The molecule has 41 heavy (non-hydrogen) atoms. The summed E-state index contributed by atoms with van der Waals surface area (Å²) in [5.41, 5.74) is 0.832. The molecule has 0 aromatic carbocycles. The second kappa shape index (κ2) is 15.2. The second-order valence-electron chi connectivity index (χ2n) is 10.2. The van der Waals surface area contributed by atoms with Crippen molar-refractivity contribution >= 4 is 58.0 Å². The normalized spacial score (nSPS) is 16.9. The van der Waals surface area contributed by atoms with E-state index in [1.807, 2.05) is 6.92 Å². The SMILES string of the molecule is CCCCn1c(N2CCC(C(=O)OCC)CC2)c(/C=C2\SC(=S)N(CCCCCC(=O)O)C2=O)c(C)c(C#N)c1=O. The third-order valence-electron chi connectivity index (χ3n) is 7.42. The van der Waals surface area contributed by atoms with Crippen molar-refractivity contribution in [2.75, 3.05) is 31.1 Å². The van der Waals surface area contributed by atoms with Crippen molar-refractivity contribution in [2.45, 2.75) is 78.7 Å². The molecule has 2 saturated heterocycles. The Morgan fingerprint density at radius 1 is 1.15 bits per heavy atom. The summed E-state index contributed by atoms with van der Waals surface area (Å²) in [6.45, 7) is 7.75. The van der Waals surface area contributed by atoms with Crippen molar-refractivity contribution in [3.63, 3.8) is 0 Å². The number of ether oxygens (including phenoxy) is 1. The first kappa shape index (κ1) is 32.3. The summed E-state index contributed by atoms with van der Waals surface area (Å²) in [6.07, 6.45) is 6.41. The minimum absolute atomic E-state index is 0.0476. The molecule has 222 valence electrons. The van der Waals surface area contributed by atoms with Crippen molar-refractivity contribution < 1.29 is 24.2 Å². The topological polar surface area (TPSA) is 133 Å². The fourth-order valence-corrected chi connectivity index (χ4v) is 6.43. The van der Waals surface area contributed by atoms with Crippen LogP contribution in [0, 0.1) is 24.2 Å². The molecule has 0 unspecified atom stereocenters. The van der Waals surface area contributed by atoms with E-state index in [1.165, 1.54) is 16.7 Å². The maximum absolute atomic E-state index is 13.5. The van der Waals surface area contributed by atoms with Crippen LogP contribution in [0.3, 0.4) is 0 Å². The molecule has 1 aromatic heterocycles. The van der Waals surface area contributed by atoms with Crippen molar-refractivity contribution in [3.8, 4) is 6.07 Å². The van der Waals surface area contributed by atoms with Gasteiger partial charge in [-0.05, 0) is 57.6 Å². The van der Waals surface area contributed by atoms with Crippen LogP contribution < -0.4 is 10.5 Å². The number of unbranched alkanes of at least 4 members (excludes halogenated alkanes) is 3. The maximum Gasteiger partial charge on any atom is 0.309 e. The predicted molar refractivity (Wildman–Crippen MR) is 163 cm³/mol. The summed E-state index contributed by atoms with van der Waals surface area (Å²) >= 11 is 6.69. The first-order valence-electron chi connectivity index (χ1n) is 14.2. The zero-order valence-corrected chi connectivity index (χ0v) is 25.6. The van der Waals surface area contributed by atoms with Gasteiger partial charge in [-0.25, -0.2) is 0 Å². The van der Waals surface area contributed by atoms with Crippen LogP contribution >= 0.6 is 24.0 Å². The molecule has 0 spiro atoms. The molecule has 0 atom stereocenters. The molecule has 2 aliphatic heterocycles. The minimum atomic E-state index is -0.841. The molecular weight excluding hydrogens is 564 g/mol. The number of aromatic nitrogens is 1. The lowest BCUT2D eigenvalue weighted by Crippen LogP contribution is -2.41. The highest BCUT2D eigenvalue weighted by atomic mass is 32.2. The van der Waals surface area contributed by atoms with E-state index in [4.69, 9.17) is 22.1 Å². The monoisotopic (exact) mass is 602 g/mol. The van der Waals surface area contributed by atoms with Crippen LogP contribution in [0.4, 0.5) is 5.82 Å². The molecule has 2 aliphatic rings. The molecule has 12 heteroatoms. The van der Waals surface area contributed by atoms with Gasteiger partial charge in [-0.15, -0.1) is 0 Å². The van der Waals surface area contributed by atoms with E-state index in [2.05, 4.69) is 11.0 Å². The van der Waals surface area contributed by atoms with Crippen molar-refractivity contribution in [1.82, 2.24) is 9.47 Å². The van der Waals surface area contributed by atoms with Gasteiger partial charge in [-0.3, -0.25) is 28.6 Å². The van der Waals surface area contributed by atoms with Gasteiger partial charge in [0.05, 0.1) is 17.4 Å². The van der Waals surface area contributed by atoms with Gasteiger partial charge in [0.2, 0.25) is 0 Å². The van der Waals surface area contributed by atoms with Gasteiger partial charge in [0.15, 0.2) is 0 Å². The number of esters is 1. The average molecular weight is 603 g/mol. The number of carboxylic acids is 1. The van der Waals surface area contributed by atoms with Crippen LogP contribution in [-0.4, -0.2) is 63.0 Å². The van der Waals surface area contributed by atoms with E-state index in [9.17, 15) is 24.4 Å². The average Bonchev–Trinajstić information content (AvgIpc) is 3.21. The van der Waals surface area contributed by atoms with Gasteiger partial charge >= 0.3 is 11.9 Å². The fourth-order valence-electron chi connectivity index (χ4n) is 5.14. The number of carbonyl (C=O) groups is 3. The Hall–Kier alpha value is -3.17. The lowest BCUT2D eigenvalue weighted by atomic mass is 9.95. The minimum Gasteiger partial charge on any atom is -0.481 e. The summed E-state index contributed by atoms with van der Waals surface area (Å²) < 4.78 is 7.29. The van der Waals surface area contributed by atoms with Gasteiger partial charge in [-0.2, -0.15) is 5.26 Å². The second-order valence-corrected chi connectivity index (χ2v) is 11.9. The van der Waals surface area contributed by atoms with Crippen LogP contribution in [0.15, 0.2) is 9.70 Å². The lowest BCUT2D eigenvalue weighted by molar-refractivity contribution is -0.148. The van der Waals surface area contributed by atoms with E-state index in [1.54, 1.807) is 24.5 Å². The lowest BCUT2D eigenvalue weighted by Gasteiger charge is -2.35. The van der Waals surface area contributed by atoms with E-state index in [0.29, 0.717) is 91.1 Å². The summed E-state index contributed by atoms with van der Waals surface area (Å²) in [6, 6.07) is 2.08. The highest BCUT2D eigenvalue weighted by Gasteiger charge is 2.34. The Balaban J connectivity index is 1.99. The molecule has 0 aliphatic carbocycles. The van der Waals surface area contributed by atoms with Crippen LogP contribution in [0.2, 0.25) is 0 Å². The van der Waals surface area contributed by atoms with E-state index < -0.39 is 5.97 Å². The van der Waals surface area contributed by atoms with E-state index >= 15 is 0 Å². The van der Waals surface area contributed by atoms with Gasteiger partial charge in [-0.1, -0.05) is 43.7 Å². The van der Waals surface area contributed by atoms with Crippen molar-refractivity contribution in [3.05, 3.63) is 31.9 Å². The number of carboxylic acid groups (broad SMARTS) is 1. The first-order chi connectivity index (χ1) is 19.6. The van der Waals surface area contributed by atoms with Gasteiger partial charge in [0, 0.05) is 38.2 Å². The van der Waals surface area contributed by atoms with E-state index in [-0.39, 0.29) is 35.3 Å². The van der Waals surface area contributed by atoms with Crippen molar-refractivity contribution in [1.29, 1.82) is 5.26 Å². The summed E-state index contributed by atoms with van der Waals surface area (Å²) in [4.78, 5) is 54.1. The Morgan fingerprint density at radius 3 is 2.46 bits per heavy atom. The smallest absolute Gasteiger partial charge is 0.309 e. The number of thioether (sulfide) groups is 1. The third kappa shape index (κ3) is 7.77. The Bertz CT molecular complexity index is 1310. The number of amides is 1. The zero-order chi connectivity index (χ0) is 30.1. The number of rotatable bonds is 13. The highest BCUT2D eigenvalue weighted by molar-refractivity contribution is 8.26. The molecule has 0 bridgehead atoms. The van der Waals surface area contributed by atoms with Crippen LogP contribution in [0.25, 0.3) is 6.08 Å². The van der Waals surface area contributed by atoms with Crippen LogP contribution in [-0.2, 0) is 25.7 Å². The largest absolute Gasteiger partial charge is 0.481 e. The molecule has 1 aromatic rings. The number of nitriles is 1. The van der Waals surface area contributed by atoms with Crippen LogP contribution in [0.5, 0.6) is 0 Å². The zero-order valence-electron chi connectivity index (χ0n) is 23.9. The molecular formula is C29H38N4O6S2. The summed E-state index contributed by atoms with van der Waals surface area (Å²) in [5.74, 6) is -0.849. The molecule has 3 heterocycles. The Morgan fingerprint density at radius 2 is 1.85 bits per heavy atom. The number of anilines is 1. The molecule has 1 amide bonds. The number of aliphatic carboxylic acids is 1. The number of nitrogens with zero attached hydrogens (tertiary/aromatic N) is 4. The molecule has 10 nitrogen and oxygen atoms in total. The molecule has 1 N–H and O–H groups in total. The maximum atomic E-state index is 13.5. The summed E-state index contributed by atoms with van der Waals surface area (Å²) in [5, 5.41) is 18.7. The van der Waals surface area contributed by atoms with Gasteiger partial charge in [0.25, 0.3) is 11.5 Å². The standard InChI is InChI=1S/C29H38N4O6S2/c1-4-6-13-32-25(31-15-11-20(12-16-31)28(38)39-5-2)21(19(3)22(18-30)26(32)36)17-23-27(37)33(29(40)41-23)14-9-7-8-10-24(34)35/h17,20H,4-16H2,1-3H3,(H,34,35)/b23-17-. The number of pyridine rings is 1. The Kier molecular flexibility index (Phi) is 12.0. The third-order valence-corrected chi connectivity index (χ3v) is 8.80. The van der Waals surface area contributed by atoms with E-state index in [0.717, 1.165) is 12.8 Å². The first-order valence-corrected chi connectivity index (χ1v) is 15.4. The number of hydrogen-bond acceptors (Lipinski definition) is 9.